The van der Waals surface area contributed by atoms with Crippen molar-refractivity contribution in [3.8, 4) is 0 Å². The van der Waals surface area contributed by atoms with Crippen LogP contribution in [-0.4, -0.2) is 38.4 Å². The van der Waals surface area contributed by atoms with Crippen molar-refractivity contribution in [2.45, 2.75) is 44.6 Å². The number of benzene rings is 1. The van der Waals surface area contributed by atoms with E-state index in [9.17, 15) is 13.2 Å². The average molecular weight is 338 g/mol. The monoisotopic (exact) mass is 338 g/mol. The van der Waals surface area contributed by atoms with Crippen molar-refractivity contribution in [1.29, 1.82) is 0 Å². The van der Waals surface area contributed by atoms with Crippen LogP contribution in [0, 0.1) is 11.8 Å². The molecule has 0 unspecified atom stereocenters. The van der Waals surface area contributed by atoms with E-state index in [1.54, 1.807) is 23.1 Å². The largest absolute Gasteiger partial charge is 0.341 e. The van der Waals surface area contributed by atoms with E-state index in [4.69, 9.17) is 0 Å². The Balaban J connectivity index is 2.14. The van der Waals surface area contributed by atoms with Gasteiger partial charge in [-0.2, -0.15) is 4.72 Å². The maximum atomic E-state index is 12.8. The summed E-state index contributed by atoms with van der Waals surface area (Å²) in [5.41, 5.74) is 0. The maximum Gasteiger partial charge on any atom is 0.241 e. The number of hydrogen-bond donors (Lipinski definition) is 1. The predicted octanol–water partition coefficient (Wildman–Crippen LogP) is 2.25. The normalized spacial score (nSPS) is 18.2. The van der Waals surface area contributed by atoms with E-state index in [1.165, 1.54) is 12.1 Å². The number of nitrogens with one attached hydrogen (secondary N) is 1. The second-order valence-electron chi connectivity index (χ2n) is 6.66. The molecule has 0 radical (unpaired) electrons. The Morgan fingerprint density at radius 2 is 1.74 bits per heavy atom. The van der Waals surface area contributed by atoms with Crippen LogP contribution >= 0.6 is 0 Å². The quantitative estimate of drug-likeness (QED) is 0.895. The van der Waals surface area contributed by atoms with Gasteiger partial charge in [-0.05, 0) is 36.8 Å². The lowest BCUT2D eigenvalue weighted by atomic mass is 9.97. The van der Waals surface area contributed by atoms with Gasteiger partial charge in [0.1, 0.15) is 6.04 Å². The maximum absolute atomic E-state index is 12.8. The standard InChI is InChI=1S/C17H26N2O3S/c1-13(2)16(17(20)19-11-9-14(3)10-12-19)18-23(21,22)15-7-5-4-6-8-15/h4-8,13-14,16,18H,9-12H2,1-3H3/t16-/m1/s1. The zero-order chi connectivity index (χ0) is 17.0. The van der Waals surface area contributed by atoms with Crippen LogP contribution in [0.25, 0.3) is 0 Å². The molecular formula is C17H26N2O3S. The van der Waals surface area contributed by atoms with E-state index in [0.717, 1.165) is 12.8 Å². The number of rotatable bonds is 5. The number of carbonyl (C=O) groups is 1. The molecule has 2 rings (SSSR count). The van der Waals surface area contributed by atoms with Crippen molar-refractivity contribution in [2.75, 3.05) is 13.1 Å². The Morgan fingerprint density at radius 3 is 2.26 bits per heavy atom. The van der Waals surface area contributed by atoms with Crippen molar-refractivity contribution < 1.29 is 13.2 Å². The fourth-order valence-electron chi connectivity index (χ4n) is 2.73. The Kier molecular flexibility index (Phi) is 5.81. The zero-order valence-electron chi connectivity index (χ0n) is 14.0. The highest BCUT2D eigenvalue weighted by Gasteiger charge is 2.32. The van der Waals surface area contributed by atoms with E-state index in [-0.39, 0.29) is 16.7 Å². The molecule has 23 heavy (non-hydrogen) atoms. The molecule has 1 aromatic carbocycles. The number of nitrogens with zero attached hydrogens (tertiary/aromatic N) is 1. The molecule has 1 fully saturated rings. The summed E-state index contributed by atoms with van der Waals surface area (Å²) >= 11 is 0. The van der Waals surface area contributed by atoms with E-state index in [1.807, 2.05) is 13.8 Å². The summed E-state index contributed by atoms with van der Waals surface area (Å²) in [4.78, 5) is 14.7. The molecule has 1 aliphatic heterocycles. The van der Waals surface area contributed by atoms with Gasteiger partial charge in [-0.1, -0.05) is 39.0 Å². The molecule has 1 heterocycles. The topological polar surface area (TPSA) is 66.5 Å². The minimum atomic E-state index is -3.70. The minimum absolute atomic E-state index is 0.111. The van der Waals surface area contributed by atoms with E-state index in [2.05, 4.69) is 11.6 Å². The Labute approximate surface area is 139 Å². The lowest BCUT2D eigenvalue weighted by Crippen LogP contribution is -2.52. The summed E-state index contributed by atoms with van der Waals surface area (Å²) in [6, 6.07) is 7.45. The molecule has 0 spiro atoms. The van der Waals surface area contributed by atoms with Crippen LogP contribution < -0.4 is 4.72 Å². The third-order valence-electron chi connectivity index (χ3n) is 4.36. The lowest BCUT2D eigenvalue weighted by Gasteiger charge is -2.34. The summed E-state index contributed by atoms with van der Waals surface area (Å²) in [6.45, 7) is 7.32. The summed E-state index contributed by atoms with van der Waals surface area (Å²) < 4.78 is 27.6. The third kappa shape index (κ3) is 4.54. The van der Waals surface area contributed by atoms with E-state index in [0.29, 0.717) is 19.0 Å². The fraction of sp³-hybridized carbons (Fsp3) is 0.588. The second kappa shape index (κ2) is 7.45. The van der Waals surface area contributed by atoms with Gasteiger partial charge in [0.05, 0.1) is 4.90 Å². The minimum Gasteiger partial charge on any atom is -0.341 e. The molecule has 1 N–H and O–H groups in total. The Bertz CT molecular complexity index is 620. The highest BCUT2D eigenvalue weighted by molar-refractivity contribution is 7.89. The summed E-state index contributed by atoms with van der Waals surface area (Å²) in [5.74, 6) is 0.393. The summed E-state index contributed by atoms with van der Waals surface area (Å²) in [6.07, 6.45) is 1.95. The fourth-order valence-corrected chi connectivity index (χ4v) is 4.09. The third-order valence-corrected chi connectivity index (χ3v) is 5.82. The number of amides is 1. The van der Waals surface area contributed by atoms with E-state index < -0.39 is 16.1 Å². The van der Waals surface area contributed by atoms with Gasteiger partial charge in [-0.3, -0.25) is 4.79 Å². The van der Waals surface area contributed by atoms with Crippen LogP contribution in [0.2, 0.25) is 0 Å². The van der Waals surface area contributed by atoms with Gasteiger partial charge < -0.3 is 4.90 Å². The van der Waals surface area contributed by atoms with Crippen molar-refractivity contribution in [1.82, 2.24) is 9.62 Å². The number of likely N-dealkylation sites (tertiary alicyclic amines) is 1. The number of carbonyl (C=O) groups excluding carboxylic acids is 1. The van der Waals surface area contributed by atoms with Crippen molar-refractivity contribution in [3.05, 3.63) is 30.3 Å². The first-order valence-electron chi connectivity index (χ1n) is 8.17. The molecule has 0 saturated carbocycles. The summed E-state index contributed by atoms with van der Waals surface area (Å²) in [5, 5.41) is 0. The van der Waals surface area contributed by atoms with Gasteiger partial charge in [0.15, 0.2) is 0 Å². The van der Waals surface area contributed by atoms with Crippen molar-refractivity contribution >= 4 is 15.9 Å². The van der Waals surface area contributed by atoms with Crippen LogP contribution in [0.5, 0.6) is 0 Å². The molecule has 1 atom stereocenters. The first-order chi connectivity index (χ1) is 10.8. The first-order valence-corrected chi connectivity index (χ1v) is 9.65. The van der Waals surface area contributed by atoms with Gasteiger partial charge in [0.25, 0.3) is 0 Å². The molecule has 0 aromatic heterocycles. The molecule has 0 aliphatic carbocycles. The number of piperidine rings is 1. The molecule has 6 heteroatoms. The molecular weight excluding hydrogens is 312 g/mol. The van der Waals surface area contributed by atoms with Gasteiger partial charge in [0.2, 0.25) is 15.9 Å². The Morgan fingerprint density at radius 1 is 1.17 bits per heavy atom. The lowest BCUT2D eigenvalue weighted by molar-refractivity contribution is -0.135. The molecule has 0 bridgehead atoms. The van der Waals surface area contributed by atoms with Crippen LogP contribution in [-0.2, 0) is 14.8 Å². The number of sulfonamides is 1. The second-order valence-corrected chi connectivity index (χ2v) is 8.38. The molecule has 1 amide bonds. The van der Waals surface area contributed by atoms with Gasteiger partial charge in [-0.25, -0.2) is 8.42 Å². The van der Waals surface area contributed by atoms with Gasteiger partial charge in [-0.15, -0.1) is 0 Å². The zero-order valence-corrected chi connectivity index (χ0v) is 14.8. The van der Waals surface area contributed by atoms with E-state index >= 15 is 0 Å². The SMILES string of the molecule is CC1CCN(C(=O)[C@H](NS(=O)(=O)c2ccccc2)C(C)C)CC1. The average Bonchev–Trinajstić information content (AvgIpc) is 2.53. The van der Waals surface area contributed by atoms with Crippen LogP contribution in [0.3, 0.4) is 0 Å². The van der Waals surface area contributed by atoms with Crippen LogP contribution in [0.15, 0.2) is 35.2 Å². The first kappa shape index (κ1) is 17.9. The molecule has 128 valence electrons. The molecule has 1 aliphatic rings. The predicted molar refractivity (Wildman–Crippen MR) is 90.4 cm³/mol. The highest BCUT2D eigenvalue weighted by Crippen LogP contribution is 2.19. The highest BCUT2D eigenvalue weighted by atomic mass is 32.2. The van der Waals surface area contributed by atoms with Crippen LogP contribution in [0.1, 0.15) is 33.6 Å². The van der Waals surface area contributed by atoms with Crippen LogP contribution in [0.4, 0.5) is 0 Å². The molecule has 1 saturated heterocycles. The van der Waals surface area contributed by atoms with Crippen molar-refractivity contribution in [2.24, 2.45) is 11.8 Å². The van der Waals surface area contributed by atoms with Crippen molar-refractivity contribution in [3.63, 3.8) is 0 Å². The van der Waals surface area contributed by atoms with Gasteiger partial charge >= 0.3 is 0 Å². The van der Waals surface area contributed by atoms with Gasteiger partial charge in [0, 0.05) is 13.1 Å². The summed E-state index contributed by atoms with van der Waals surface area (Å²) in [7, 11) is -3.70. The molecule has 5 nitrogen and oxygen atoms in total. The number of hydrogen-bond acceptors (Lipinski definition) is 3. The smallest absolute Gasteiger partial charge is 0.241 e. The molecule has 1 aromatic rings. The Hall–Kier alpha value is -1.40.